The highest BCUT2D eigenvalue weighted by Gasteiger charge is 1.98. The molecule has 0 aromatic heterocycles. The fraction of sp³-hybridized carbons (Fsp3) is 0.429. The molecule has 0 unspecified atom stereocenters. The zero-order valence-electron chi connectivity index (χ0n) is 9.43. The first-order valence-electron chi connectivity index (χ1n) is 5.61. The summed E-state index contributed by atoms with van der Waals surface area (Å²) in [5.74, 6) is 0. The molecule has 15 heavy (non-hydrogen) atoms. The van der Waals surface area contributed by atoms with Crippen LogP contribution in [0.25, 0.3) is 5.57 Å². The topological polar surface area (TPSA) is 0 Å². The van der Waals surface area contributed by atoms with Gasteiger partial charge in [0.05, 0.1) is 0 Å². The normalized spacial score (nSPS) is 10.3. The molecule has 0 amide bonds. The van der Waals surface area contributed by atoms with Crippen molar-refractivity contribution in [1.82, 2.24) is 0 Å². The monoisotopic (exact) mass is 206 g/mol. The van der Waals surface area contributed by atoms with Crippen LogP contribution in [-0.2, 0) is 6.42 Å². The van der Waals surface area contributed by atoms with Crippen molar-refractivity contribution in [1.29, 1.82) is 0 Å². The van der Waals surface area contributed by atoms with Crippen LogP contribution in [0.1, 0.15) is 37.3 Å². The van der Waals surface area contributed by atoms with Crippen LogP contribution in [0.4, 0.5) is 4.39 Å². The summed E-state index contributed by atoms with van der Waals surface area (Å²) in [6, 6.07) is 8.07. The molecular formula is C14H19F. The van der Waals surface area contributed by atoms with Crippen LogP contribution in [0.5, 0.6) is 0 Å². The average molecular weight is 206 g/mol. The fourth-order valence-electron chi connectivity index (χ4n) is 1.56. The number of unbranched alkanes of at least 4 members (excludes halogenated alkanes) is 2. The van der Waals surface area contributed by atoms with Crippen molar-refractivity contribution >= 4 is 5.57 Å². The number of benzene rings is 1. The highest BCUT2D eigenvalue weighted by atomic mass is 19.1. The van der Waals surface area contributed by atoms with E-state index in [1.807, 2.05) is 12.1 Å². The van der Waals surface area contributed by atoms with Gasteiger partial charge in [0.25, 0.3) is 0 Å². The second-order valence-corrected chi connectivity index (χ2v) is 3.89. The molecule has 0 radical (unpaired) electrons. The van der Waals surface area contributed by atoms with E-state index in [4.69, 9.17) is 0 Å². The Morgan fingerprint density at radius 1 is 1.20 bits per heavy atom. The molecule has 0 saturated heterocycles. The summed E-state index contributed by atoms with van der Waals surface area (Å²) >= 11 is 0. The van der Waals surface area contributed by atoms with Gasteiger partial charge in [0.1, 0.15) is 6.67 Å². The average Bonchev–Trinajstić information content (AvgIpc) is 2.29. The number of allylic oxidation sites excluding steroid dienone is 1. The Morgan fingerprint density at radius 2 is 1.87 bits per heavy atom. The smallest absolute Gasteiger partial charge is 0.115 e. The molecule has 0 heterocycles. The number of halogens is 1. The first kappa shape index (κ1) is 12.0. The highest BCUT2D eigenvalue weighted by Crippen LogP contribution is 2.15. The van der Waals surface area contributed by atoms with E-state index in [0.717, 1.165) is 12.0 Å². The number of alkyl halides is 1. The molecular weight excluding hydrogens is 187 g/mol. The predicted molar refractivity (Wildman–Crippen MR) is 64.7 cm³/mol. The van der Waals surface area contributed by atoms with E-state index in [0.29, 0.717) is 5.57 Å². The molecule has 1 aromatic carbocycles. The summed E-state index contributed by atoms with van der Waals surface area (Å²) < 4.78 is 12.3. The van der Waals surface area contributed by atoms with Gasteiger partial charge in [0.15, 0.2) is 0 Å². The van der Waals surface area contributed by atoms with Crippen LogP contribution in [-0.4, -0.2) is 6.67 Å². The Hall–Kier alpha value is -1.11. The molecule has 0 aliphatic carbocycles. The van der Waals surface area contributed by atoms with Crippen molar-refractivity contribution in [2.75, 3.05) is 6.67 Å². The zero-order chi connectivity index (χ0) is 11.1. The van der Waals surface area contributed by atoms with Gasteiger partial charge >= 0.3 is 0 Å². The molecule has 1 heteroatoms. The van der Waals surface area contributed by atoms with E-state index in [-0.39, 0.29) is 0 Å². The lowest BCUT2D eigenvalue weighted by Crippen LogP contribution is -1.88. The maximum Gasteiger partial charge on any atom is 0.115 e. The Balaban J connectivity index is 2.52. The Kier molecular flexibility index (Phi) is 5.09. The van der Waals surface area contributed by atoms with Crippen molar-refractivity contribution < 1.29 is 4.39 Å². The predicted octanol–water partition coefficient (Wildman–Crippen LogP) is 4.40. The lowest BCUT2D eigenvalue weighted by molar-refractivity contribution is 0.572. The van der Waals surface area contributed by atoms with Crippen molar-refractivity contribution in [2.24, 2.45) is 0 Å². The molecule has 1 aromatic rings. The highest BCUT2D eigenvalue weighted by molar-refractivity contribution is 5.64. The van der Waals surface area contributed by atoms with Gasteiger partial charge in [-0.2, -0.15) is 0 Å². The molecule has 0 atom stereocenters. The lowest BCUT2D eigenvalue weighted by atomic mass is 10.0. The maximum absolute atomic E-state index is 12.3. The van der Waals surface area contributed by atoms with Gasteiger partial charge in [0.2, 0.25) is 0 Å². The van der Waals surface area contributed by atoms with E-state index >= 15 is 0 Å². The third-order valence-corrected chi connectivity index (χ3v) is 2.59. The minimum Gasteiger partial charge on any atom is -0.246 e. The Labute approximate surface area is 91.8 Å². The molecule has 0 bridgehead atoms. The van der Waals surface area contributed by atoms with Gasteiger partial charge in [0, 0.05) is 0 Å². The Bertz CT molecular complexity index is 298. The molecule has 0 aliphatic heterocycles. The summed E-state index contributed by atoms with van der Waals surface area (Å²) in [6.45, 7) is 5.41. The van der Waals surface area contributed by atoms with Crippen LogP contribution in [0.3, 0.4) is 0 Å². The summed E-state index contributed by atoms with van der Waals surface area (Å²) in [7, 11) is 0. The van der Waals surface area contributed by atoms with Crippen LogP contribution in [0, 0.1) is 0 Å². The number of hydrogen-bond donors (Lipinski definition) is 0. The summed E-state index contributed by atoms with van der Waals surface area (Å²) in [6.07, 6.45) is 4.88. The molecule has 0 spiro atoms. The minimum atomic E-state index is -0.463. The van der Waals surface area contributed by atoms with E-state index in [2.05, 4.69) is 25.6 Å². The zero-order valence-corrected chi connectivity index (χ0v) is 9.43. The minimum absolute atomic E-state index is 0.463. The van der Waals surface area contributed by atoms with Gasteiger partial charge in [-0.25, -0.2) is 4.39 Å². The van der Waals surface area contributed by atoms with Gasteiger partial charge < -0.3 is 0 Å². The van der Waals surface area contributed by atoms with Gasteiger partial charge in [-0.05, 0) is 29.5 Å². The van der Waals surface area contributed by atoms with Crippen LogP contribution in [0.15, 0.2) is 30.8 Å². The van der Waals surface area contributed by atoms with Crippen LogP contribution in [0.2, 0.25) is 0 Å². The fourth-order valence-corrected chi connectivity index (χ4v) is 1.56. The van der Waals surface area contributed by atoms with Crippen molar-refractivity contribution in [2.45, 2.75) is 32.6 Å². The van der Waals surface area contributed by atoms with E-state index in [1.54, 1.807) is 0 Å². The van der Waals surface area contributed by atoms with Crippen molar-refractivity contribution in [3.05, 3.63) is 42.0 Å². The largest absolute Gasteiger partial charge is 0.246 e. The second kappa shape index (κ2) is 6.39. The van der Waals surface area contributed by atoms with Crippen molar-refractivity contribution in [3.63, 3.8) is 0 Å². The van der Waals surface area contributed by atoms with Crippen LogP contribution < -0.4 is 0 Å². The molecule has 0 fully saturated rings. The van der Waals surface area contributed by atoms with E-state index in [1.165, 1.54) is 24.8 Å². The molecule has 1 rings (SSSR count). The first-order valence-corrected chi connectivity index (χ1v) is 5.61. The Morgan fingerprint density at radius 3 is 2.40 bits per heavy atom. The SMILES string of the molecule is C=C(CF)c1ccc(CCCCC)cc1. The quantitative estimate of drug-likeness (QED) is 0.605. The van der Waals surface area contributed by atoms with E-state index < -0.39 is 6.67 Å². The third kappa shape index (κ3) is 3.86. The molecule has 0 N–H and O–H groups in total. The number of aryl methyl sites for hydroxylation is 1. The molecule has 82 valence electrons. The first-order chi connectivity index (χ1) is 7.27. The lowest BCUT2D eigenvalue weighted by Gasteiger charge is -2.04. The van der Waals surface area contributed by atoms with Crippen molar-refractivity contribution in [3.8, 4) is 0 Å². The van der Waals surface area contributed by atoms with Gasteiger partial charge in [-0.15, -0.1) is 0 Å². The number of rotatable bonds is 6. The summed E-state index contributed by atoms with van der Waals surface area (Å²) in [5, 5.41) is 0. The third-order valence-electron chi connectivity index (χ3n) is 2.59. The standard InChI is InChI=1S/C14H19F/c1-3-4-5-6-13-7-9-14(10-8-13)12(2)11-15/h7-10H,2-6,11H2,1H3. The number of hydrogen-bond acceptors (Lipinski definition) is 0. The van der Waals surface area contributed by atoms with Gasteiger partial charge in [-0.3, -0.25) is 0 Å². The summed E-state index contributed by atoms with van der Waals surface area (Å²) in [4.78, 5) is 0. The summed E-state index contributed by atoms with van der Waals surface area (Å²) in [5.41, 5.74) is 2.81. The second-order valence-electron chi connectivity index (χ2n) is 3.89. The van der Waals surface area contributed by atoms with Crippen LogP contribution >= 0.6 is 0 Å². The molecule has 0 saturated carbocycles. The molecule has 0 aliphatic rings. The van der Waals surface area contributed by atoms with Gasteiger partial charge in [-0.1, -0.05) is 50.6 Å². The molecule has 0 nitrogen and oxygen atoms in total. The van der Waals surface area contributed by atoms with E-state index in [9.17, 15) is 4.39 Å². The maximum atomic E-state index is 12.3.